The first kappa shape index (κ1) is 31.6. The molecule has 1 N–H and O–H groups in total. The van der Waals surface area contributed by atoms with Crippen LogP contribution in [0.15, 0.2) is 66.7 Å². The van der Waals surface area contributed by atoms with Crippen molar-refractivity contribution in [2.75, 3.05) is 0 Å². The Kier molecular flexibility index (Phi) is 12.1. The van der Waals surface area contributed by atoms with Crippen molar-refractivity contribution in [1.29, 1.82) is 0 Å². The second-order valence-corrected chi connectivity index (χ2v) is 10.6. The Morgan fingerprint density at radius 2 is 1.05 bits per heavy atom. The zero-order chi connectivity index (χ0) is 29.8. The molecule has 0 saturated heterocycles. The standard InChI is InChI=1S/C35H42O6/c1-5-7-9-11-24(3)40-34(38)29-19-15-27(16-20-29)32-23-30(35(39)41-25(4)12-10-8-6-2)21-22-31(32)26-13-17-28(18-14-26)33(36)37/h13-25H,5-12H2,1-4H3,(H,36,37)/t24-,25-/m1/s1. The van der Waals surface area contributed by atoms with Crippen LogP contribution in [0.4, 0.5) is 0 Å². The average Bonchev–Trinajstić information content (AvgIpc) is 2.97. The van der Waals surface area contributed by atoms with Crippen LogP contribution in [0.1, 0.15) is 110 Å². The van der Waals surface area contributed by atoms with Gasteiger partial charge in [-0.3, -0.25) is 0 Å². The van der Waals surface area contributed by atoms with Crippen LogP contribution >= 0.6 is 0 Å². The minimum absolute atomic E-state index is 0.152. The molecule has 0 aliphatic rings. The fourth-order valence-electron chi connectivity index (χ4n) is 4.72. The van der Waals surface area contributed by atoms with Gasteiger partial charge in [0, 0.05) is 0 Å². The van der Waals surface area contributed by atoms with E-state index in [4.69, 9.17) is 9.47 Å². The van der Waals surface area contributed by atoms with Gasteiger partial charge in [0.2, 0.25) is 0 Å². The number of rotatable bonds is 15. The first-order valence-corrected chi connectivity index (χ1v) is 14.7. The Morgan fingerprint density at radius 1 is 0.610 bits per heavy atom. The van der Waals surface area contributed by atoms with Crippen LogP contribution in [0.25, 0.3) is 22.3 Å². The van der Waals surface area contributed by atoms with Crippen LogP contribution in [0.3, 0.4) is 0 Å². The molecule has 6 nitrogen and oxygen atoms in total. The molecule has 3 rings (SSSR count). The number of carboxylic acid groups (broad SMARTS) is 1. The van der Waals surface area contributed by atoms with Crippen molar-refractivity contribution in [1.82, 2.24) is 0 Å². The van der Waals surface area contributed by atoms with Gasteiger partial charge >= 0.3 is 17.9 Å². The van der Waals surface area contributed by atoms with Crippen LogP contribution in [-0.2, 0) is 9.47 Å². The summed E-state index contributed by atoms with van der Waals surface area (Å²) in [6.07, 6.45) is 7.78. The molecule has 0 fully saturated rings. The maximum Gasteiger partial charge on any atom is 0.338 e. The zero-order valence-corrected chi connectivity index (χ0v) is 24.7. The summed E-state index contributed by atoms with van der Waals surface area (Å²) in [5.41, 5.74) is 4.29. The number of carboxylic acids is 1. The van der Waals surface area contributed by atoms with Crippen LogP contribution in [0, 0.1) is 0 Å². The molecular formula is C35H42O6. The molecular weight excluding hydrogens is 516 g/mol. The van der Waals surface area contributed by atoms with Crippen molar-refractivity contribution in [3.05, 3.63) is 83.4 Å². The lowest BCUT2D eigenvalue weighted by atomic mass is 9.92. The first-order chi connectivity index (χ1) is 19.7. The molecule has 0 aromatic heterocycles. The lowest BCUT2D eigenvalue weighted by Gasteiger charge is -2.16. The lowest BCUT2D eigenvalue weighted by Crippen LogP contribution is -2.15. The number of carbonyl (C=O) groups excluding carboxylic acids is 2. The van der Waals surface area contributed by atoms with Crippen molar-refractivity contribution < 1.29 is 29.0 Å². The Balaban J connectivity index is 1.89. The molecule has 41 heavy (non-hydrogen) atoms. The molecule has 6 heteroatoms. The van der Waals surface area contributed by atoms with Crippen molar-refractivity contribution in [3.8, 4) is 22.3 Å². The SMILES string of the molecule is CCCCC[C@@H](C)OC(=O)c1ccc(-c2cc(C(=O)O[C@H](C)CCCCC)ccc2-c2ccc(C(=O)O)cc2)cc1. The minimum Gasteiger partial charge on any atom is -0.478 e. The molecule has 2 atom stereocenters. The number of ether oxygens (including phenoxy) is 2. The van der Waals surface area contributed by atoms with Gasteiger partial charge in [-0.05, 0) is 98.2 Å². The third-order valence-corrected chi connectivity index (χ3v) is 7.17. The topological polar surface area (TPSA) is 89.9 Å². The third-order valence-electron chi connectivity index (χ3n) is 7.17. The molecule has 0 amide bonds. The van der Waals surface area contributed by atoms with Gasteiger partial charge in [0.25, 0.3) is 0 Å². The van der Waals surface area contributed by atoms with E-state index in [2.05, 4.69) is 13.8 Å². The lowest BCUT2D eigenvalue weighted by molar-refractivity contribution is 0.0309. The Bertz CT molecular complexity index is 1290. The predicted octanol–water partition coefficient (Wildman–Crippen LogP) is 8.97. The Morgan fingerprint density at radius 3 is 1.54 bits per heavy atom. The number of hydrogen-bond donors (Lipinski definition) is 1. The largest absolute Gasteiger partial charge is 0.478 e. The molecule has 0 aliphatic carbocycles. The molecule has 0 heterocycles. The van der Waals surface area contributed by atoms with Crippen LogP contribution in [-0.4, -0.2) is 35.2 Å². The summed E-state index contributed by atoms with van der Waals surface area (Å²) in [6, 6.07) is 19.1. The number of carbonyl (C=O) groups is 3. The van der Waals surface area contributed by atoms with E-state index in [0.29, 0.717) is 11.1 Å². The number of hydrogen-bond acceptors (Lipinski definition) is 5. The summed E-state index contributed by atoms with van der Waals surface area (Å²) < 4.78 is 11.3. The van der Waals surface area contributed by atoms with E-state index >= 15 is 0 Å². The van der Waals surface area contributed by atoms with Crippen LogP contribution in [0.5, 0.6) is 0 Å². The highest BCUT2D eigenvalue weighted by molar-refractivity contribution is 5.96. The van der Waals surface area contributed by atoms with E-state index in [0.717, 1.165) is 73.6 Å². The smallest absolute Gasteiger partial charge is 0.338 e. The quantitative estimate of drug-likeness (QED) is 0.148. The first-order valence-electron chi connectivity index (χ1n) is 14.7. The third kappa shape index (κ3) is 9.31. The van der Waals surface area contributed by atoms with E-state index in [1.54, 1.807) is 48.5 Å². The van der Waals surface area contributed by atoms with Crippen molar-refractivity contribution in [3.63, 3.8) is 0 Å². The normalized spacial score (nSPS) is 12.4. The maximum atomic E-state index is 13.0. The van der Waals surface area contributed by atoms with Crippen molar-refractivity contribution in [2.45, 2.75) is 91.3 Å². The Hall–Kier alpha value is -3.93. The monoisotopic (exact) mass is 558 g/mol. The molecule has 0 aliphatic heterocycles. The van der Waals surface area contributed by atoms with Crippen molar-refractivity contribution >= 4 is 17.9 Å². The van der Waals surface area contributed by atoms with Gasteiger partial charge in [0.15, 0.2) is 0 Å². The summed E-state index contributed by atoms with van der Waals surface area (Å²) in [5, 5.41) is 9.31. The van der Waals surface area contributed by atoms with E-state index in [1.165, 1.54) is 0 Å². The molecule has 0 spiro atoms. The van der Waals surface area contributed by atoms with Crippen LogP contribution < -0.4 is 0 Å². The second-order valence-electron chi connectivity index (χ2n) is 10.6. The molecule has 3 aromatic carbocycles. The predicted molar refractivity (Wildman–Crippen MR) is 162 cm³/mol. The molecule has 0 radical (unpaired) electrons. The van der Waals surface area contributed by atoms with Gasteiger partial charge in [0.1, 0.15) is 0 Å². The summed E-state index contributed by atoms with van der Waals surface area (Å²) >= 11 is 0. The van der Waals surface area contributed by atoms with Gasteiger partial charge in [-0.1, -0.05) is 69.9 Å². The molecule has 218 valence electrons. The van der Waals surface area contributed by atoms with Gasteiger partial charge < -0.3 is 14.6 Å². The van der Waals surface area contributed by atoms with E-state index < -0.39 is 5.97 Å². The summed E-state index contributed by atoms with van der Waals surface area (Å²) in [7, 11) is 0. The zero-order valence-electron chi connectivity index (χ0n) is 24.7. The van der Waals surface area contributed by atoms with E-state index in [-0.39, 0.29) is 29.7 Å². The molecule has 0 unspecified atom stereocenters. The number of benzene rings is 3. The number of aromatic carboxylic acids is 1. The molecule has 0 bridgehead atoms. The molecule has 3 aromatic rings. The summed E-state index contributed by atoms with van der Waals surface area (Å²) in [4.78, 5) is 37.1. The fourth-order valence-corrected chi connectivity index (χ4v) is 4.72. The maximum absolute atomic E-state index is 13.0. The highest BCUT2D eigenvalue weighted by atomic mass is 16.5. The van der Waals surface area contributed by atoms with Crippen LogP contribution in [0.2, 0.25) is 0 Å². The van der Waals surface area contributed by atoms with E-state index in [1.807, 2.05) is 32.0 Å². The summed E-state index contributed by atoms with van der Waals surface area (Å²) in [5.74, 6) is -1.75. The highest BCUT2D eigenvalue weighted by Gasteiger charge is 2.18. The second kappa shape index (κ2) is 15.8. The van der Waals surface area contributed by atoms with Gasteiger partial charge in [-0.2, -0.15) is 0 Å². The molecule has 0 saturated carbocycles. The van der Waals surface area contributed by atoms with Gasteiger partial charge in [-0.25, -0.2) is 14.4 Å². The van der Waals surface area contributed by atoms with Gasteiger partial charge in [0.05, 0.1) is 28.9 Å². The number of esters is 2. The van der Waals surface area contributed by atoms with Crippen molar-refractivity contribution in [2.24, 2.45) is 0 Å². The van der Waals surface area contributed by atoms with Gasteiger partial charge in [-0.15, -0.1) is 0 Å². The fraction of sp³-hybridized carbons (Fsp3) is 0.400. The highest BCUT2D eigenvalue weighted by Crippen LogP contribution is 2.34. The Labute approximate surface area is 243 Å². The van der Waals surface area contributed by atoms with E-state index in [9.17, 15) is 19.5 Å². The summed E-state index contributed by atoms with van der Waals surface area (Å²) in [6.45, 7) is 8.11. The minimum atomic E-state index is -0.995. The number of unbranched alkanes of at least 4 members (excludes halogenated alkanes) is 4. The average molecular weight is 559 g/mol.